The van der Waals surface area contributed by atoms with Gasteiger partial charge in [-0.15, -0.1) is 5.10 Å². The predicted octanol–water partition coefficient (Wildman–Crippen LogP) is 1.90. The molecule has 1 amide bonds. The highest BCUT2D eigenvalue weighted by Crippen LogP contribution is 2.16. The molecule has 0 aliphatic rings. The second-order valence-corrected chi connectivity index (χ2v) is 3.51. The first-order chi connectivity index (χ1) is 8.61. The molecule has 5 nitrogen and oxygen atoms in total. The molecule has 2 N–H and O–H groups in total. The van der Waals surface area contributed by atoms with Gasteiger partial charge in [-0.05, 0) is 12.1 Å². The normalized spacial score (nSPS) is 10.4. The van der Waals surface area contributed by atoms with Crippen LogP contribution in [-0.2, 0) is 6.42 Å². The fourth-order valence-electron chi connectivity index (χ4n) is 1.33. The minimum atomic E-state index is -1.11. The third kappa shape index (κ3) is 2.34. The number of amides is 1. The summed E-state index contributed by atoms with van der Waals surface area (Å²) in [7, 11) is 0. The van der Waals surface area contributed by atoms with Gasteiger partial charge in [-0.3, -0.25) is 9.89 Å². The molecule has 94 valence electrons. The first kappa shape index (κ1) is 12.2. The standard InChI is InChI=1S/C11H10F2N4O/c1-2-8-15-10(17-16-8)11(18)14-7-5-3-4-6(12)9(7)13/h3-5H,2H2,1H3,(H,14,18)(H,15,16,17). The summed E-state index contributed by atoms with van der Waals surface area (Å²) in [5, 5.41) is 8.44. The quantitative estimate of drug-likeness (QED) is 0.876. The summed E-state index contributed by atoms with van der Waals surface area (Å²) < 4.78 is 26.2. The molecule has 0 atom stereocenters. The summed E-state index contributed by atoms with van der Waals surface area (Å²) in [4.78, 5) is 15.5. The zero-order valence-corrected chi connectivity index (χ0v) is 9.50. The lowest BCUT2D eigenvalue weighted by Crippen LogP contribution is -2.15. The van der Waals surface area contributed by atoms with Gasteiger partial charge in [0.25, 0.3) is 5.91 Å². The number of anilines is 1. The third-order valence-electron chi connectivity index (χ3n) is 2.27. The topological polar surface area (TPSA) is 70.7 Å². The lowest BCUT2D eigenvalue weighted by atomic mass is 10.3. The summed E-state index contributed by atoms with van der Waals surface area (Å²) in [6.45, 7) is 1.84. The maximum atomic E-state index is 13.3. The number of benzene rings is 1. The highest BCUT2D eigenvalue weighted by Gasteiger charge is 2.15. The van der Waals surface area contributed by atoms with Gasteiger partial charge in [0.1, 0.15) is 5.82 Å². The van der Waals surface area contributed by atoms with Crippen LogP contribution in [-0.4, -0.2) is 21.1 Å². The molecule has 1 aromatic heterocycles. The number of hydrogen-bond acceptors (Lipinski definition) is 3. The number of aryl methyl sites for hydroxylation is 1. The van der Waals surface area contributed by atoms with Gasteiger partial charge in [-0.2, -0.15) is 0 Å². The number of carbonyl (C=O) groups is 1. The van der Waals surface area contributed by atoms with Gasteiger partial charge >= 0.3 is 0 Å². The maximum absolute atomic E-state index is 13.3. The van der Waals surface area contributed by atoms with Gasteiger partial charge in [0.05, 0.1) is 5.69 Å². The molecule has 2 rings (SSSR count). The van der Waals surface area contributed by atoms with E-state index in [0.29, 0.717) is 12.2 Å². The van der Waals surface area contributed by atoms with E-state index in [9.17, 15) is 13.6 Å². The van der Waals surface area contributed by atoms with Gasteiger partial charge in [-0.1, -0.05) is 13.0 Å². The molecule has 7 heteroatoms. The van der Waals surface area contributed by atoms with Crippen molar-refractivity contribution in [2.75, 3.05) is 5.32 Å². The van der Waals surface area contributed by atoms with E-state index in [1.807, 2.05) is 6.92 Å². The Morgan fingerprint density at radius 1 is 1.44 bits per heavy atom. The van der Waals surface area contributed by atoms with E-state index >= 15 is 0 Å². The summed E-state index contributed by atoms with van der Waals surface area (Å²) in [6.07, 6.45) is 0.592. The number of H-pyrrole nitrogens is 1. The smallest absolute Gasteiger partial charge is 0.295 e. The molecule has 2 aromatic rings. The van der Waals surface area contributed by atoms with Crippen LogP contribution in [0, 0.1) is 11.6 Å². The highest BCUT2D eigenvalue weighted by molar-refractivity contribution is 6.01. The number of hydrogen-bond donors (Lipinski definition) is 2. The molecule has 0 spiro atoms. The summed E-state index contributed by atoms with van der Waals surface area (Å²) in [6, 6.07) is 3.51. The molecular formula is C11H10F2N4O. The van der Waals surface area contributed by atoms with Crippen LogP contribution >= 0.6 is 0 Å². The maximum Gasteiger partial charge on any atom is 0.295 e. The van der Waals surface area contributed by atoms with Gasteiger partial charge in [0.15, 0.2) is 11.6 Å². The minimum absolute atomic E-state index is 0.115. The Labute approximate surface area is 101 Å². The van der Waals surface area contributed by atoms with Crippen LogP contribution in [0.3, 0.4) is 0 Å². The Bertz CT molecular complexity index is 582. The minimum Gasteiger partial charge on any atom is -0.317 e. The molecule has 1 aromatic carbocycles. The zero-order valence-electron chi connectivity index (χ0n) is 9.50. The number of rotatable bonds is 3. The average Bonchev–Trinajstić information content (AvgIpc) is 2.83. The zero-order chi connectivity index (χ0) is 13.1. The summed E-state index contributed by atoms with van der Waals surface area (Å²) >= 11 is 0. The van der Waals surface area contributed by atoms with Crippen molar-refractivity contribution in [3.8, 4) is 0 Å². The van der Waals surface area contributed by atoms with Crippen molar-refractivity contribution in [2.24, 2.45) is 0 Å². The van der Waals surface area contributed by atoms with Crippen molar-refractivity contribution in [1.29, 1.82) is 0 Å². The molecule has 0 saturated heterocycles. The lowest BCUT2D eigenvalue weighted by Gasteiger charge is -2.03. The van der Waals surface area contributed by atoms with E-state index in [0.717, 1.165) is 6.07 Å². The Hall–Kier alpha value is -2.31. The van der Waals surface area contributed by atoms with E-state index < -0.39 is 17.5 Å². The second kappa shape index (κ2) is 4.91. The molecule has 0 unspecified atom stereocenters. The third-order valence-corrected chi connectivity index (χ3v) is 2.27. The number of aromatic amines is 1. The number of aromatic nitrogens is 3. The molecule has 0 aliphatic carbocycles. The molecule has 0 bridgehead atoms. The van der Waals surface area contributed by atoms with E-state index in [1.54, 1.807) is 0 Å². The number of nitrogens with zero attached hydrogens (tertiary/aromatic N) is 2. The van der Waals surface area contributed by atoms with Crippen LogP contribution in [0.2, 0.25) is 0 Å². The Balaban J connectivity index is 2.18. The van der Waals surface area contributed by atoms with Gasteiger partial charge in [-0.25, -0.2) is 13.8 Å². The molecule has 18 heavy (non-hydrogen) atoms. The lowest BCUT2D eigenvalue weighted by molar-refractivity contribution is 0.101. The first-order valence-electron chi connectivity index (χ1n) is 5.28. The van der Waals surface area contributed by atoms with Crippen LogP contribution in [0.4, 0.5) is 14.5 Å². The number of nitrogens with one attached hydrogen (secondary N) is 2. The molecule has 1 heterocycles. The van der Waals surface area contributed by atoms with Crippen LogP contribution in [0.25, 0.3) is 0 Å². The van der Waals surface area contributed by atoms with Crippen LogP contribution in [0.15, 0.2) is 18.2 Å². The number of carbonyl (C=O) groups excluding carboxylic acids is 1. The monoisotopic (exact) mass is 252 g/mol. The van der Waals surface area contributed by atoms with E-state index in [-0.39, 0.29) is 11.5 Å². The SMILES string of the molecule is CCc1nc(C(=O)Nc2cccc(F)c2F)n[nH]1. The van der Waals surface area contributed by atoms with Gasteiger partial charge < -0.3 is 5.32 Å². The summed E-state index contributed by atoms with van der Waals surface area (Å²) in [5.41, 5.74) is -0.247. The van der Waals surface area contributed by atoms with E-state index in [1.165, 1.54) is 12.1 Å². The van der Waals surface area contributed by atoms with Gasteiger partial charge in [0, 0.05) is 6.42 Å². The van der Waals surface area contributed by atoms with Crippen LogP contribution in [0.1, 0.15) is 23.4 Å². The fraction of sp³-hybridized carbons (Fsp3) is 0.182. The second-order valence-electron chi connectivity index (χ2n) is 3.51. The largest absolute Gasteiger partial charge is 0.317 e. The Morgan fingerprint density at radius 2 is 2.22 bits per heavy atom. The molecule has 0 fully saturated rings. The number of halogens is 2. The van der Waals surface area contributed by atoms with Crippen LogP contribution in [0.5, 0.6) is 0 Å². The molecule has 0 radical (unpaired) electrons. The van der Waals surface area contributed by atoms with E-state index in [4.69, 9.17) is 0 Å². The average molecular weight is 252 g/mol. The predicted molar refractivity (Wildman–Crippen MR) is 60.1 cm³/mol. The highest BCUT2D eigenvalue weighted by atomic mass is 19.2. The molecule has 0 saturated carbocycles. The fourth-order valence-corrected chi connectivity index (χ4v) is 1.33. The first-order valence-corrected chi connectivity index (χ1v) is 5.28. The molecule has 0 aliphatic heterocycles. The van der Waals surface area contributed by atoms with Crippen LogP contribution < -0.4 is 5.32 Å². The van der Waals surface area contributed by atoms with Crippen molar-refractivity contribution < 1.29 is 13.6 Å². The molecular weight excluding hydrogens is 242 g/mol. The van der Waals surface area contributed by atoms with Crippen molar-refractivity contribution in [1.82, 2.24) is 15.2 Å². The van der Waals surface area contributed by atoms with Crippen molar-refractivity contribution in [2.45, 2.75) is 13.3 Å². The Kier molecular flexibility index (Phi) is 3.31. The van der Waals surface area contributed by atoms with Gasteiger partial charge in [0.2, 0.25) is 5.82 Å². The van der Waals surface area contributed by atoms with Crippen molar-refractivity contribution in [3.63, 3.8) is 0 Å². The van der Waals surface area contributed by atoms with E-state index in [2.05, 4.69) is 20.5 Å². The Morgan fingerprint density at radius 3 is 2.89 bits per heavy atom. The van der Waals surface area contributed by atoms with Crippen molar-refractivity contribution >= 4 is 11.6 Å². The van der Waals surface area contributed by atoms with Crippen molar-refractivity contribution in [3.05, 3.63) is 41.5 Å². The summed E-state index contributed by atoms with van der Waals surface area (Å²) in [5.74, 6) is -2.42.